The lowest BCUT2D eigenvalue weighted by Crippen LogP contribution is -2.26. The third-order valence-electron chi connectivity index (χ3n) is 2.38. The number of nitrogens with one attached hydrogen (secondary N) is 1. The van der Waals surface area contributed by atoms with Gasteiger partial charge in [0, 0.05) is 19.2 Å². The Labute approximate surface area is 120 Å². The summed E-state index contributed by atoms with van der Waals surface area (Å²) in [4.78, 5) is 13.3. The number of rotatable bonds is 5. The normalized spacial score (nSPS) is 9.85. The minimum Gasteiger partial charge on any atom is -0.395 e. The molecule has 0 spiro atoms. The van der Waals surface area contributed by atoms with E-state index < -0.39 is 0 Å². The van der Waals surface area contributed by atoms with Gasteiger partial charge in [0.05, 0.1) is 29.1 Å². The van der Waals surface area contributed by atoms with Crippen LogP contribution in [0.3, 0.4) is 0 Å². The topological polar surface area (TPSA) is 80.0 Å². The number of thiophene rings is 1. The summed E-state index contributed by atoms with van der Waals surface area (Å²) >= 11 is 1.34. The number of aromatic nitrogens is 3. The Kier molecular flexibility index (Phi) is 5.29. The van der Waals surface area contributed by atoms with Crippen LogP contribution in [-0.2, 0) is 6.54 Å². The summed E-state index contributed by atoms with van der Waals surface area (Å²) < 4.78 is 1.65. The van der Waals surface area contributed by atoms with E-state index in [2.05, 4.69) is 27.5 Å². The first-order valence-corrected chi connectivity index (χ1v) is 6.93. The van der Waals surface area contributed by atoms with Crippen LogP contribution in [0.5, 0.6) is 0 Å². The molecule has 0 fully saturated rings. The average Bonchev–Trinajstić information content (AvgIpc) is 3.10. The first-order chi connectivity index (χ1) is 9.79. The van der Waals surface area contributed by atoms with Gasteiger partial charge in [-0.3, -0.25) is 9.48 Å². The number of aliphatic hydroxyl groups is 1. The summed E-state index contributed by atoms with van der Waals surface area (Å²) in [6.45, 7) is 1.12. The monoisotopic (exact) mass is 290 g/mol. The lowest BCUT2D eigenvalue weighted by Gasteiger charge is -2.02. The van der Waals surface area contributed by atoms with Gasteiger partial charge >= 0.3 is 0 Å². The predicted octanol–water partition coefficient (Wildman–Crippen LogP) is 0.503. The molecule has 0 saturated heterocycles. The number of carbonyl (C=O) groups is 1. The fraction of sp³-hybridized carbons (Fsp3) is 0.308. The molecule has 20 heavy (non-hydrogen) atoms. The number of hydrogen-bond donors (Lipinski definition) is 2. The number of carbonyl (C=O) groups excluding carboxylic acids is 1. The molecule has 0 unspecified atom stereocenters. The fourth-order valence-corrected chi connectivity index (χ4v) is 2.25. The van der Waals surface area contributed by atoms with Gasteiger partial charge < -0.3 is 10.4 Å². The standard InChI is InChI=1S/C13H14N4O2S/c18-10-2-1-3-11-4-5-12(20-11)13(19)14-6-8-17-9-7-15-16-17/h4-5,7,9,18H,2,6,8,10H2,(H,14,19). The van der Waals surface area contributed by atoms with E-state index in [9.17, 15) is 4.79 Å². The van der Waals surface area contributed by atoms with E-state index in [1.807, 2.05) is 0 Å². The summed E-state index contributed by atoms with van der Waals surface area (Å²) in [7, 11) is 0. The molecule has 1 amide bonds. The van der Waals surface area contributed by atoms with Crippen molar-refractivity contribution in [1.29, 1.82) is 0 Å². The summed E-state index contributed by atoms with van der Waals surface area (Å²) in [6.07, 6.45) is 3.78. The minimum atomic E-state index is -0.120. The lowest BCUT2D eigenvalue weighted by molar-refractivity contribution is 0.0956. The Morgan fingerprint density at radius 1 is 1.50 bits per heavy atom. The van der Waals surface area contributed by atoms with Gasteiger partial charge in [-0.2, -0.15) is 0 Å². The second kappa shape index (κ2) is 7.43. The maximum atomic E-state index is 11.9. The van der Waals surface area contributed by atoms with Gasteiger partial charge in [0.15, 0.2) is 0 Å². The third kappa shape index (κ3) is 4.19. The molecule has 0 atom stereocenters. The second-order valence-corrected chi connectivity index (χ2v) is 4.95. The molecular formula is C13H14N4O2S. The molecule has 0 aliphatic carbocycles. The van der Waals surface area contributed by atoms with E-state index in [4.69, 9.17) is 5.11 Å². The summed E-state index contributed by atoms with van der Waals surface area (Å²) in [5.41, 5.74) is 0. The third-order valence-corrected chi connectivity index (χ3v) is 3.38. The molecule has 7 heteroatoms. The van der Waals surface area contributed by atoms with Gasteiger partial charge in [0.25, 0.3) is 5.91 Å². The lowest BCUT2D eigenvalue weighted by atomic mass is 10.4. The van der Waals surface area contributed by atoms with Crippen LogP contribution in [0, 0.1) is 11.8 Å². The number of aliphatic hydroxyl groups excluding tert-OH is 1. The highest BCUT2D eigenvalue weighted by Gasteiger charge is 2.07. The van der Waals surface area contributed by atoms with Crippen molar-refractivity contribution in [3.8, 4) is 11.8 Å². The Balaban J connectivity index is 1.82. The average molecular weight is 290 g/mol. The first-order valence-electron chi connectivity index (χ1n) is 6.11. The Hall–Kier alpha value is -2.17. The molecular weight excluding hydrogens is 276 g/mol. The molecule has 0 radical (unpaired) electrons. The van der Waals surface area contributed by atoms with Crippen LogP contribution in [0.25, 0.3) is 0 Å². The van der Waals surface area contributed by atoms with Gasteiger partial charge in [-0.05, 0) is 12.1 Å². The number of hydrogen-bond acceptors (Lipinski definition) is 5. The highest BCUT2D eigenvalue weighted by molar-refractivity contribution is 7.14. The van der Waals surface area contributed by atoms with Crippen LogP contribution in [0.1, 0.15) is 21.0 Å². The van der Waals surface area contributed by atoms with Crippen molar-refractivity contribution in [2.75, 3.05) is 13.2 Å². The van der Waals surface area contributed by atoms with Crippen LogP contribution < -0.4 is 5.32 Å². The predicted molar refractivity (Wildman–Crippen MR) is 75.3 cm³/mol. The Morgan fingerprint density at radius 2 is 2.40 bits per heavy atom. The van der Waals surface area contributed by atoms with E-state index in [1.54, 1.807) is 29.2 Å². The second-order valence-electron chi connectivity index (χ2n) is 3.86. The highest BCUT2D eigenvalue weighted by Crippen LogP contribution is 2.15. The summed E-state index contributed by atoms with van der Waals surface area (Å²) in [5, 5.41) is 18.9. The van der Waals surface area contributed by atoms with Crippen molar-refractivity contribution in [2.45, 2.75) is 13.0 Å². The van der Waals surface area contributed by atoms with Crippen molar-refractivity contribution < 1.29 is 9.90 Å². The smallest absolute Gasteiger partial charge is 0.261 e. The Bertz CT molecular complexity index is 610. The van der Waals surface area contributed by atoms with Crippen molar-refractivity contribution in [1.82, 2.24) is 20.3 Å². The molecule has 0 aliphatic rings. The van der Waals surface area contributed by atoms with Gasteiger partial charge in [0.2, 0.25) is 0 Å². The largest absolute Gasteiger partial charge is 0.395 e. The van der Waals surface area contributed by atoms with Crippen LogP contribution in [0.15, 0.2) is 24.5 Å². The number of nitrogens with zero attached hydrogens (tertiary/aromatic N) is 3. The van der Waals surface area contributed by atoms with Crippen LogP contribution in [0.4, 0.5) is 0 Å². The highest BCUT2D eigenvalue weighted by atomic mass is 32.1. The summed E-state index contributed by atoms with van der Waals surface area (Å²) in [6, 6.07) is 3.56. The van der Waals surface area contributed by atoms with Gasteiger partial charge in [-0.25, -0.2) is 0 Å². The molecule has 104 valence electrons. The summed E-state index contributed by atoms with van der Waals surface area (Å²) in [5.74, 6) is 5.61. The molecule has 2 rings (SSSR count). The van der Waals surface area contributed by atoms with Crippen LogP contribution >= 0.6 is 11.3 Å². The van der Waals surface area contributed by atoms with E-state index in [0.717, 1.165) is 4.88 Å². The van der Waals surface area contributed by atoms with Crippen molar-refractivity contribution in [3.05, 3.63) is 34.3 Å². The first kappa shape index (κ1) is 14.2. The van der Waals surface area contributed by atoms with E-state index in [-0.39, 0.29) is 12.5 Å². The molecule has 6 nitrogen and oxygen atoms in total. The van der Waals surface area contributed by atoms with E-state index in [1.165, 1.54) is 11.3 Å². The van der Waals surface area contributed by atoms with Gasteiger partial charge in [-0.15, -0.1) is 16.4 Å². The zero-order valence-corrected chi connectivity index (χ0v) is 11.6. The maximum absolute atomic E-state index is 11.9. The van der Waals surface area contributed by atoms with E-state index >= 15 is 0 Å². The van der Waals surface area contributed by atoms with Crippen LogP contribution in [0.2, 0.25) is 0 Å². The molecule has 2 heterocycles. The van der Waals surface area contributed by atoms with Gasteiger partial charge in [-0.1, -0.05) is 17.1 Å². The zero-order chi connectivity index (χ0) is 14.2. The SMILES string of the molecule is O=C(NCCn1ccnn1)c1ccc(C#CCCO)s1. The molecule has 0 saturated carbocycles. The van der Waals surface area contributed by atoms with Gasteiger partial charge in [0.1, 0.15) is 0 Å². The van der Waals surface area contributed by atoms with Crippen molar-refractivity contribution >= 4 is 17.2 Å². The Morgan fingerprint density at radius 3 is 3.15 bits per heavy atom. The fourth-order valence-electron chi connectivity index (χ4n) is 1.46. The maximum Gasteiger partial charge on any atom is 0.261 e. The van der Waals surface area contributed by atoms with Crippen molar-refractivity contribution in [2.24, 2.45) is 0 Å². The molecule has 0 aromatic carbocycles. The number of amides is 1. The molecule has 0 bridgehead atoms. The van der Waals surface area contributed by atoms with Crippen molar-refractivity contribution in [3.63, 3.8) is 0 Å². The minimum absolute atomic E-state index is 0.0496. The molecule has 2 N–H and O–H groups in total. The zero-order valence-electron chi connectivity index (χ0n) is 10.7. The van der Waals surface area contributed by atoms with Crippen LogP contribution in [-0.4, -0.2) is 39.2 Å². The molecule has 0 aliphatic heterocycles. The molecule has 2 aromatic heterocycles. The molecule has 2 aromatic rings. The quantitative estimate of drug-likeness (QED) is 0.786. The van der Waals surface area contributed by atoms with E-state index in [0.29, 0.717) is 24.4 Å².